The molecule has 1 nitrogen and oxygen atoms in total. The third kappa shape index (κ3) is 2.34. The SMILES string of the molecule is O=CCCc1cc(CF)cc(F)c1F. The minimum absolute atomic E-state index is 0.0461. The number of rotatable bonds is 4. The Morgan fingerprint density at radius 3 is 2.57 bits per heavy atom. The highest BCUT2D eigenvalue weighted by molar-refractivity contribution is 5.50. The molecule has 0 saturated heterocycles. The molecular weight excluding hydrogens is 193 g/mol. The van der Waals surface area contributed by atoms with E-state index in [1.807, 2.05) is 0 Å². The number of carbonyl (C=O) groups is 1. The van der Waals surface area contributed by atoms with Crippen LogP contribution in [-0.2, 0) is 17.9 Å². The fourth-order valence-electron chi connectivity index (χ4n) is 1.18. The maximum atomic E-state index is 13.0. The Morgan fingerprint density at radius 2 is 2.00 bits per heavy atom. The van der Waals surface area contributed by atoms with Crippen LogP contribution in [0.15, 0.2) is 12.1 Å². The first-order valence-electron chi connectivity index (χ1n) is 4.15. The van der Waals surface area contributed by atoms with Crippen LogP contribution in [0.3, 0.4) is 0 Å². The van der Waals surface area contributed by atoms with Gasteiger partial charge in [0.15, 0.2) is 11.6 Å². The molecule has 1 aromatic carbocycles. The summed E-state index contributed by atoms with van der Waals surface area (Å²) in [4.78, 5) is 10.0. The number of hydrogen-bond donors (Lipinski definition) is 0. The molecule has 0 saturated carbocycles. The summed E-state index contributed by atoms with van der Waals surface area (Å²) in [5.41, 5.74) is 0.134. The van der Waals surface area contributed by atoms with E-state index in [4.69, 9.17) is 0 Å². The molecular formula is C10H9F3O. The summed E-state index contributed by atoms with van der Waals surface area (Å²) in [6.45, 7) is -0.842. The summed E-state index contributed by atoms with van der Waals surface area (Å²) < 4.78 is 38.0. The maximum Gasteiger partial charge on any atom is 0.162 e. The Hall–Kier alpha value is -1.32. The third-order valence-corrected chi connectivity index (χ3v) is 1.85. The molecule has 0 aromatic heterocycles. The predicted molar refractivity (Wildman–Crippen MR) is 45.6 cm³/mol. The highest BCUT2D eigenvalue weighted by Crippen LogP contribution is 2.17. The zero-order valence-corrected chi connectivity index (χ0v) is 7.40. The number of aldehydes is 1. The van der Waals surface area contributed by atoms with Crippen LogP contribution >= 0.6 is 0 Å². The second-order valence-electron chi connectivity index (χ2n) is 2.89. The lowest BCUT2D eigenvalue weighted by atomic mass is 10.1. The zero-order chi connectivity index (χ0) is 10.6. The Balaban J connectivity index is 3.00. The van der Waals surface area contributed by atoms with Crippen molar-refractivity contribution in [2.45, 2.75) is 19.5 Å². The molecule has 0 spiro atoms. The van der Waals surface area contributed by atoms with Gasteiger partial charge in [-0.2, -0.15) is 0 Å². The number of benzene rings is 1. The first-order valence-corrected chi connectivity index (χ1v) is 4.15. The Labute approximate surface area is 79.5 Å². The topological polar surface area (TPSA) is 17.1 Å². The van der Waals surface area contributed by atoms with E-state index in [-0.39, 0.29) is 24.0 Å². The molecule has 76 valence electrons. The van der Waals surface area contributed by atoms with Crippen LogP contribution in [0.4, 0.5) is 13.2 Å². The van der Waals surface area contributed by atoms with Crippen molar-refractivity contribution >= 4 is 6.29 Å². The maximum absolute atomic E-state index is 13.0. The second kappa shape index (κ2) is 4.79. The van der Waals surface area contributed by atoms with Gasteiger partial charge in [-0.1, -0.05) is 6.07 Å². The summed E-state index contributed by atoms with van der Waals surface area (Å²) >= 11 is 0. The fraction of sp³-hybridized carbons (Fsp3) is 0.300. The van der Waals surface area contributed by atoms with Crippen LogP contribution in [0.5, 0.6) is 0 Å². The van der Waals surface area contributed by atoms with Crippen LogP contribution < -0.4 is 0 Å². The number of hydrogen-bond acceptors (Lipinski definition) is 1. The van der Waals surface area contributed by atoms with Gasteiger partial charge in [-0.3, -0.25) is 0 Å². The van der Waals surface area contributed by atoms with Gasteiger partial charge in [0.2, 0.25) is 0 Å². The Morgan fingerprint density at radius 1 is 1.29 bits per heavy atom. The summed E-state index contributed by atoms with van der Waals surface area (Å²) in [6, 6.07) is 2.06. The van der Waals surface area contributed by atoms with Gasteiger partial charge in [0.05, 0.1) is 0 Å². The van der Waals surface area contributed by atoms with Gasteiger partial charge >= 0.3 is 0 Å². The molecule has 0 bridgehead atoms. The number of halogens is 3. The van der Waals surface area contributed by atoms with Gasteiger partial charge in [-0.15, -0.1) is 0 Å². The van der Waals surface area contributed by atoms with Crippen LogP contribution in [-0.4, -0.2) is 6.29 Å². The molecule has 0 fully saturated rings. The van der Waals surface area contributed by atoms with Crippen molar-refractivity contribution in [3.05, 3.63) is 34.9 Å². The molecule has 1 aromatic rings. The van der Waals surface area contributed by atoms with E-state index in [9.17, 15) is 18.0 Å². The second-order valence-corrected chi connectivity index (χ2v) is 2.89. The van der Waals surface area contributed by atoms with Gasteiger partial charge in [0.1, 0.15) is 13.0 Å². The molecule has 0 radical (unpaired) electrons. The molecule has 0 amide bonds. The highest BCUT2D eigenvalue weighted by atomic mass is 19.2. The van der Waals surface area contributed by atoms with Gasteiger partial charge in [-0.05, 0) is 23.6 Å². The van der Waals surface area contributed by atoms with E-state index in [2.05, 4.69) is 0 Å². The summed E-state index contributed by atoms with van der Waals surface area (Å²) in [5, 5.41) is 0. The summed E-state index contributed by atoms with van der Waals surface area (Å²) in [6.07, 6.45) is 0.811. The van der Waals surface area contributed by atoms with E-state index in [1.165, 1.54) is 6.07 Å². The largest absolute Gasteiger partial charge is 0.303 e. The van der Waals surface area contributed by atoms with E-state index in [1.54, 1.807) is 0 Å². The van der Waals surface area contributed by atoms with Gasteiger partial charge in [-0.25, -0.2) is 13.2 Å². The lowest BCUT2D eigenvalue weighted by molar-refractivity contribution is -0.107. The molecule has 0 heterocycles. The number of aryl methyl sites for hydroxylation is 1. The lowest BCUT2D eigenvalue weighted by Gasteiger charge is -2.04. The van der Waals surface area contributed by atoms with Crippen molar-refractivity contribution in [2.75, 3.05) is 0 Å². The minimum atomic E-state index is -1.07. The molecule has 0 aliphatic rings. The minimum Gasteiger partial charge on any atom is -0.303 e. The van der Waals surface area contributed by atoms with Crippen LogP contribution in [0.1, 0.15) is 17.5 Å². The van der Waals surface area contributed by atoms with Crippen LogP contribution in [0.25, 0.3) is 0 Å². The average Bonchev–Trinajstić information content (AvgIpc) is 2.20. The van der Waals surface area contributed by atoms with Crippen molar-refractivity contribution in [1.82, 2.24) is 0 Å². The van der Waals surface area contributed by atoms with E-state index in [0.717, 1.165) is 6.07 Å². The Kier molecular flexibility index (Phi) is 3.68. The fourth-order valence-corrected chi connectivity index (χ4v) is 1.18. The molecule has 0 aliphatic heterocycles. The number of carbonyl (C=O) groups excluding carboxylic acids is 1. The van der Waals surface area contributed by atoms with Gasteiger partial charge in [0.25, 0.3) is 0 Å². The standard InChI is InChI=1S/C10H9F3O/c11-6-7-4-8(2-1-3-14)10(13)9(12)5-7/h3-5H,1-2,6H2. The lowest BCUT2D eigenvalue weighted by Crippen LogP contribution is -1.97. The average molecular weight is 202 g/mol. The molecule has 0 atom stereocenters. The van der Waals surface area contributed by atoms with Crippen molar-refractivity contribution in [1.29, 1.82) is 0 Å². The molecule has 4 heteroatoms. The molecule has 14 heavy (non-hydrogen) atoms. The van der Waals surface area contributed by atoms with Crippen molar-refractivity contribution < 1.29 is 18.0 Å². The Bertz CT molecular complexity index is 336. The quantitative estimate of drug-likeness (QED) is 0.686. The van der Waals surface area contributed by atoms with E-state index < -0.39 is 18.3 Å². The number of alkyl halides is 1. The van der Waals surface area contributed by atoms with Gasteiger partial charge < -0.3 is 4.79 Å². The first-order chi connectivity index (χ1) is 6.69. The first kappa shape index (κ1) is 10.8. The molecule has 0 aliphatic carbocycles. The monoisotopic (exact) mass is 202 g/mol. The summed E-state index contributed by atoms with van der Waals surface area (Å²) in [5.74, 6) is -2.06. The smallest absolute Gasteiger partial charge is 0.162 e. The van der Waals surface area contributed by atoms with E-state index >= 15 is 0 Å². The van der Waals surface area contributed by atoms with Crippen molar-refractivity contribution in [3.63, 3.8) is 0 Å². The molecule has 0 N–H and O–H groups in total. The molecule has 0 unspecified atom stereocenters. The van der Waals surface area contributed by atoms with Crippen molar-refractivity contribution in [2.24, 2.45) is 0 Å². The molecule has 1 rings (SSSR count). The third-order valence-electron chi connectivity index (χ3n) is 1.85. The normalized spacial score (nSPS) is 10.2. The predicted octanol–water partition coefficient (Wildman–Crippen LogP) is 2.57. The van der Waals surface area contributed by atoms with E-state index in [0.29, 0.717) is 6.29 Å². The van der Waals surface area contributed by atoms with Gasteiger partial charge in [0, 0.05) is 6.42 Å². The summed E-state index contributed by atoms with van der Waals surface area (Å²) in [7, 11) is 0. The van der Waals surface area contributed by atoms with Crippen LogP contribution in [0, 0.1) is 11.6 Å². The van der Waals surface area contributed by atoms with Crippen molar-refractivity contribution in [3.8, 4) is 0 Å². The van der Waals surface area contributed by atoms with Crippen LogP contribution in [0.2, 0.25) is 0 Å². The zero-order valence-electron chi connectivity index (χ0n) is 7.40. The highest BCUT2D eigenvalue weighted by Gasteiger charge is 2.10.